The number of hydrogen-bond acceptors (Lipinski definition) is 7. The van der Waals surface area contributed by atoms with E-state index in [-0.39, 0.29) is 24.0 Å². The first kappa shape index (κ1) is 23.5. The van der Waals surface area contributed by atoms with Crippen LogP contribution in [0, 0.1) is 5.21 Å². The molecule has 0 spiro atoms. The fourth-order valence-corrected chi connectivity index (χ4v) is 1.31. The molecule has 0 aliphatic rings. The fourth-order valence-electron chi connectivity index (χ4n) is 1.31. The Bertz CT molecular complexity index is 651. The minimum absolute atomic E-state index is 0. The molecule has 0 unspecified atom stereocenters. The Morgan fingerprint density at radius 2 is 1.29 bits per heavy atom. The molecule has 0 saturated carbocycles. The van der Waals surface area contributed by atoms with E-state index >= 15 is 0 Å². The minimum Gasteiger partial charge on any atom is -2.00 e. The minimum atomic E-state index is -1.52. The molecule has 1 amide bonds. The normalized spacial score (nSPS) is 8.38. The molecular formula is C14H9N2O7V-5. The number of hydrogen-bond donors (Lipinski definition) is 1. The number of benzene rings is 1. The SMILES string of the molecule is O=C(N[O-])c1ccccc1.O=C([O-])c1cccc(C(=O)[O-])n1.[O-2].[V]. The largest absolute Gasteiger partial charge is 2.00 e. The number of nitrogens with zero attached hydrogens (tertiary/aromatic N) is 1. The molecule has 2 aromatic rings. The predicted octanol–water partition coefficient (Wildman–Crippen LogP) is -1.40. The van der Waals surface area contributed by atoms with Crippen molar-refractivity contribution in [3.05, 3.63) is 70.7 Å². The van der Waals surface area contributed by atoms with Crippen LogP contribution in [-0.4, -0.2) is 22.8 Å². The van der Waals surface area contributed by atoms with Gasteiger partial charge in [-0.1, -0.05) is 24.3 Å². The molecule has 1 N–H and O–H groups in total. The van der Waals surface area contributed by atoms with E-state index in [0.29, 0.717) is 5.56 Å². The van der Waals surface area contributed by atoms with Crippen molar-refractivity contribution in [3.8, 4) is 0 Å². The summed E-state index contributed by atoms with van der Waals surface area (Å²) in [6.45, 7) is 0. The van der Waals surface area contributed by atoms with E-state index in [4.69, 9.17) is 0 Å². The number of carboxylic acids is 2. The van der Waals surface area contributed by atoms with Gasteiger partial charge in [0.05, 0.1) is 23.3 Å². The maximum Gasteiger partial charge on any atom is 0.240 e. The molecule has 1 aromatic heterocycles. The molecule has 0 atom stereocenters. The van der Waals surface area contributed by atoms with Gasteiger partial charge in [0.15, 0.2) is 0 Å². The van der Waals surface area contributed by atoms with Gasteiger partial charge < -0.3 is 36.0 Å². The monoisotopic (exact) mass is 368 g/mol. The van der Waals surface area contributed by atoms with Crippen molar-refractivity contribution in [1.82, 2.24) is 10.5 Å². The van der Waals surface area contributed by atoms with Crippen molar-refractivity contribution in [2.45, 2.75) is 0 Å². The van der Waals surface area contributed by atoms with Gasteiger partial charge in [-0.2, -0.15) is 0 Å². The number of carbonyl (C=O) groups is 3. The van der Waals surface area contributed by atoms with Gasteiger partial charge in [0.2, 0.25) is 5.91 Å². The molecule has 2 rings (SSSR count). The summed E-state index contributed by atoms with van der Waals surface area (Å²) in [5.74, 6) is -3.63. The number of carboxylic acid groups (broad SMARTS) is 2. The van der Waals surface area contributed by atoms with Crippen molar-refractivity contribution < 1.29 is 48.6 Å². The summed E-state index contributed by atoms with van der Waals surface area (Å²) in [5, 5.41) is 30.2. The van der Waals surface area contributed by atoms with Crippen molar-refractivity contribution >= 4 is 17.8 Å². The van der Waals surface area contributed by atoms with Gasteiger partial charge in [0.25, 0.3) is 0 Å². The van der Waals surface area contributed by atoms with Gasteiger partial charge in [0.1, 0.15) is 0 Å². The number of hydroxylamine groups is 1. The summed E-state index contributed by atoms with van der Waals surface area (Å²) in [6.07, 6.45) is 0. The molecule has 9 nitrogen and oxygen atoms in total. The van der Waals surface area contributed by atoms with Crippen molar-refractivity contribution in [3.63, 3.8) is 0 Å². The standard InChI is InChI=1S/C7H5NO4.C7H6NO2.O.V/c9-6(10)4-2-1-3-5(8-4)7(11)12;9-7(8-10)6-4-2-1-3-5-6;;/h1-3H,(H,9,10)(H,11,12);1-5H,(H-,8,9,10);;/q;-1;-2;/p-2. The summed E-state index contributed by atoms with van der Waals surface area (Å²) < 4.78 is 0. The third-order valence-corrected chi connectivity index (χ3v) is 2.30. The number of nitrogens with one attached hydrogen (secondary N) is 1. The van der Waals surface area contributed by atoms with Gasteiger partial charge in [-0.3, -0.25) is 4.79 Å². The second-order valence-corrected chi connectivity index (χ2v) is 3.78. The molecule has 0 fully saturated rings. The number of aromatic nitrogens is 1. The van der Waals surface area contributed by atoms with Gasteiger partial charge in [-0.15, -0.1) is 0 Å². The van der Waals surface area contributed by atoms with Crippen LogP contribution < -0.4 is 15.7 Å². The third-order valence-electron chi connectivity index (χ3n) is 2.30. The van der Waals surface area contributed by atoms with Crippen LogP contribution in [0.4, 0.5) is 0 Å². The first-order chi connectivity index (χ1) is 10.5. The Morgan fingerprint density at radius 3 is 1.67 bits per heavy atom. The van der Waals surface area contributed by atoms with Gasteiger partial charge >= 0.3 is 0 Å². The molecule has 0 bridgehead atoms. The molecule has 0 aliphatic heterocycles. The maximum atomic E-state index is 10.6. The van der Waals surface area contributed by atoms with Gasteiger partial charge in [0, 0.05) is 24.1 Å². The number of pyridine rings is 1. The zero-order valence-electron chi connectivity index (χ0n) is 11.9. The third kappa shape index (κ3) is 7.52. The van der Waals surface area contributed by atoms with Crippen molar-refractivity contribution in [2.75, 3.05) is 0 Å². The summed E-state index contributed by atoms with van der Waals surface area (Å²) in [4.78, 5) is 34.2. The van der Waals surface area contributed by atoms with Crippen LogP contribution in [0.15, 0.2) is 48.5 Å². The number of amides is 1. The summed E-state index contributed by atoms with van der Waals surface area (Å²) in [6, 6.07) is 11.9. The zero-order valence-corrected chi connectivity index (χ0v) is 13.3. The molecule has 127 valence electrons. The average Bonchev–Trinajstić information content (AvgIpc) is 2.55. The van der Waals surface area contributed by atoms with Gasteiger partial charge in [-0.05, 0) is 24.3 Å². The van der Waals surface area contributed by atoms with Crippen LogP contribution in [0.1, 0.15) is 31.3 Å². The fraction of sp³-hybridized carbons (Fsp3) is 0. The first-order valence-corrected chi connectivity index (χ1v) is 5.83. The van der Waals surface area contributed by atoms with E-state index < -0.39 is 29.2 Å². The summed E-state index contributed by atoms with van der Waals surface area (Å²) in [7, 11) is 0. The number of rotatable bonds is 3. The van der Waals surface area contributed by atoms with E-state index in [1.807, 2.05) is 0 Å². The molecule has 24 heavy (non-hydrogen) atoms. The van der Waals surface area contributed by atoms with Crippen LogP contribution >= 0.6 is 0 Å². The Hall–Kier alpha value is -2.72. The molecular weight excluding hydrogens is 359 g/mol. The second kappa shape index (κ2) is 11.8. The van der Waals surface area contributed by atoms with Crippen molar-refractivity contribution in [1.29, 1.82) is 0 Å². The second-order valence-electron chi connectivity index (χ2n) is 3.78. The number of aromatic carboxylic acids is 2. The Kier molecular flexibility index (Phi) is 11.6. The van der Waals surface area contributed by atoms with E-state index in [1.165, 1.54) is 11.5 Å². The average molecular weight is 368 g/mol. The van der Waals surface area contributed by atoms with Crippen LogP contribution in [0.25, 0.3) is 0 Å². The first-order valence-electron chi connectivity index (χ1n) is 5.83. The van der Waals surface area contributed by atoms with Crippen LogP contribution in [0.3, 0.4) is 0 Å². The Balaban J connectivity index is 0. The van der Waals surface area contributed by atoms with Crippen LogP contribution in [0.5, 0.6) is 0 Å². The molecule has 1 heterocycles. The molecule has 1 aromatic carbocycles. The number of carbonyl (C=O) groups excluding carboxylic acids is 3. The van der Waals surface area contributed by atoms with E-state index in [2.05, 4.69) is 4.98 Å². The maximum absolute atomic E-state index is 10.6. The van der Waals surface area contributed by atoms with Gasteiger partial charge in [-0.25, -0.2) is 4.98 Å². The zero-order chi connectivity index (χ0) is 16.5. The smallest absolute Gasteiger partial charge is 0.240 e. The Morgan fingerprint density at radius 1 is 0.833 bits per heavy atom. The summed E-state index contributed by atoms with van der Waals surface area (Å²) in [5.41, 5.74) is 0.839. The van der Waals surface area contributed by atoms with E-state index in [9.17, 15) is 29.8 Å². The Labute approximate surface area is 148 Å². The molecule has 0 saturated heterocycles. The van der Waals surface area contributed by atoms with E-state index in [0.717, 1.165) is 12.1 Å². The molecule has 10 heteroatoms. The topological polar surface area (TPSA) is 174 Å². The quantitative estimate of drug-likeness (QED) is 0.648. The summed E-state index contributed by atoms with van der Waals surface area (Å²) >= 11 is 0. The molecule has 0 aliphatic carbocycles. The molecule has 1 radical (unpaired) electrons. The van der Waals surface area contributed by atoms with Crippen molar-refractivity contribution in [2.24, 2.45) is 0 Å². The van der Waals surface area contributed by atoms with Crippen LogP contribution in [0.2, 0.25) is 0 Å². The van der Waals surface area contributed by atoms with Crippen LogP contribution in [-0.2, 0) is 24.0 Å². The van der Waals surface area contributed by atoms with E-state index in [1.54, 1.807) is 30.3 Å². The predicted molar refractivity (Wildman–Crippen MR) is 70.9 cm³/mol.